The quantitative estimate of drug-likeness (QED) is 0.749. The number of H-pyrrole nitrogens is 1. The number of fused-ring (bicyclic) bond motifs is 1. The van der Waals surface area contributed by atoms with Crippen molar-refractivity contribution in [1.29, 1.82) is 5.26 Å². The minimum absolute atomic E-state index is 0.136. The maximum atomic E-state index is 11.7. The lowest BCUT2D eigenvalue weighted by molar-refractivity contribution is 0.454. The second kappa shape index (κ2) is 6.47. The molecule has 2 N–H and O–H groups in total. The van der Waals surface area contributed by atoms with E-state index in [0.717, 1.165) is 38.6 Å². The number of nitriles is 1. The minimum atomic E-state index is -0.311. The second-order valence-electron chi connectivity index (χ2n) is 5.84. The summed E-state index contributed by atoms with van der Waals surface area (Å²) in [5, 5.41) is 21.2. The van der Waals surface area contributed by atoms with Crippen molar-refractivity contribution in [3.8, 4) is 11.9 Å². The minimum Gasteiger partial charge on any atom is -0.493 e. The summed E-state index contributed by atoms with van der Waals surface area (Å²) < 4.78 is 0. The number of nitrogens with one attached hydrogen (secondary N) is 1. The van der Waals surface area contributed by atoms with Gasteiger partial charge in [-0.25, -0.2) is 0 Å². The van der Waals surface area contributed by atoms with Crippen molar-refractivity contribution in [2.45, 2.75) is 6.42 Å². The highest BCUT2D eigenvalue weighted by atomic mass is 32.1. The number of aromatic amines is 1. The van der Waals surface area contributed by atoms with Gasteiger partial charge >= 0.3 is 4.87 Å². The van der Waals surface area contributed by atoms with Gasteiger partial charge in [-0.05, 0) is 47.1 Å². The van der Waals surface area contributed by atoms with E-state index in [9.17, 15) is 9.90 Å². The highest BCUT2D eigenvalue weighted by molar-refractivity contribution is 7.10. The van der Waals surface area contributed by atoms with Crippen molar-refractivity contribution < 1.29 is 5.11 Å². The van der Waals surface area contributed by atoms with Crippen molar-refractivity contribution in [2.24, 2.45) is 4.99 Å². The molecule has 0 bridgehead atoms. The molecule has 3 aromatic rings. The van der Waals surface area contributed by atoms with Crippen LogP contribution in [0.5, 0.6) is 5.88 Å². The van der Waals surface area contributed by atoms with Gasteiger partial charge in [-0.2, -0.15) is 5.26 Å². The number of rotatable bonds is 3. The van der Waals surface area contributed by atoms with E-state index in [0.29, 0.717) is 16.9 Å². The van der Waals surface area contributed by atoms with Crippen LogP contribution in [0.2, 0.25) is 0 Å². The standard InChI is InChI=1S/C20H13N3O2S/c21-11-13-4-1-3-12(9-13)10-16(18-19(24)23-20(25)26-18)14-5-2-6-17-15(14)7-8-22-17/h1-9,24H,10H2,(H,23,25). The molecule has 0 unspecified atom stereocenters. The molecule has 26 heavy (non-hydrogen) atoms. The van der Waals surface area contributed by atoms with Gasteiger partial charge in [0, 0.05) is 11.4 Å². The Kier molecular flexibility index (Phi) is 3.99. The number of aromatic nitrogens is 1. The summed E-state index contributed by atoms with van der Waals surface area (Å²) in [7, 11) is 0. The summed E-state index contributed by atoms with van der Waals surface area (Å²) in [4.78, 5) is 18.7. The number of hydrogen-bond donors (Lipinski definition) is 2. The lowest BCUT2D eigenvalue weighted by atomic mass is 9.99. The molecule has 6 heteroatoms. The summed E-state index contributed by atoms with van der Waals surface area (Å²) >= 11 is 0.974. The van der Waals surface area contributed by atoms with Crippen LogP contribution in [0.1, 0.15) is 16.0 Å². The predicted molar refractivity (Wildman–Crippen MR) is 102 cm³/mol. The van der Waals surface area contributed by atoms with E-state index >= 15 is 0 Å². The fourth-order valence-corrected chi connectivity index (χ4v) is 3.86. The van der Waals surface area contributed by atoms with E-state index in [4.69, 9.17) is 5.26 Å². The maximum absolute atomic E-state index is 11.7. The van der Waals surface area contributed by atoms with E-state index in [2.05, 4.69) is 16.0 Å². The molecule has 0 radical (unpaired) electrons. The molecule has 1 aliphatic heterocycles. The zero-order valence-corrected chi connectivity index (χ0v) is 14.4. The third kappa shape index (κ3) is 2.85. The van der Waals surface area contributed by atoms with Gasteiger partial charge in [0.2, 0.25) is 5.88 Å². The molecule has 4 rings (SSSR count). The van der Waals surface area contributed by atoms with Crippen molar-refractivity contribution in [3.63, 3.8) is 0 Å². The highest BCUT2D eigenvalue weighted by Crippen LogP contribution is 2.27. The van der Waals surface area contributed by atoms with Gasteiger partial charge in [-0.15, -0.1) is 0 Å². The number of hydrogen-bond acceptors (Lipinski definition) is 5. The van der Waals surface area contributed by atoms with Crippen LogP contribution in [0.4, 0.5) is 5.69 Å². The van der Waals surface area contributed by atoms with Gasteiger partial charge in [0.25, 0.3) is 0 Å². The molecule has 0 amide bonds. The Balaban J connectivity index is 2.00. The third-order valence-corrected chi connectivity index (χ3v) is 5.14. The summed E-state index contributed by atoms with van der Waals surface area (Å²) in [6.45, 7) is 0. The average molecular weight is 359 g/mol. The Morgan fingerprint density at radius 2 is 2.12 bits per heavy atom. The Bertz CT molecular complexity index is 1260. The number of aromatic hydroxyl groups is 1. The summed E-state index contributed by atoms with van der Waals surface area (Å²) in [6.07, 6.45) is 4.13. The zero-order chi connectivity index (χ0) is 18.1. The van der Waals surface area contributed by atoms with Crippen molar-refractivity contribution >= 4 is 34.9 Å². The lowest BCUT2D eigenvalue weighted by Gasteiger charge is -2.08. The summed E-state index contributed by atoms with van der Waals surface area (Å²) in [6, 6.07) is 15.2. The van der Waals surface area contributed by atoms with Crippen LogP contribution in [-0.2, 0) is 6.42 Å². The first-order valence-corrected chi connectivity index (χ1v) is 8.75. The Hall–Kier alpha value is -3.43. The Morgan fingerprint density at radius 3 is 2.88 bits per heavy atom. The Labute approximate surface area is 152 Å². The Morgan fingerprint density at radius 1 is 1.27 bits per heavy atom. The van der Waals surface area contributed by atoms with E-state index in [1.54, 1.807) is 12.3 Å². The van der Waals surface area contributed by atoms with Gasteiger partial charge < -0.3 is 5.11 Å². The van der Waals surface area contributed by atoms with Gasteiger partial charge in [-0.3, -0.25) is 14.8 Å². The summed E-state index contributed by atoms with van der Waals surface area (Å²) in [5.74, 6) is -0.136. The number of aliphatic imine (C=N–C) groups is 1. The zero-order valence-electron chi connectivity index (χ0n) is 13.6. The van der Waals surface area contributed by atoms with Gasteiger partial charge in [0.05, 0.1) is 22.2 Å². The molecule has 1 aliphatic rings. The van der Waals surface area contributed by atoms with E-state index in [1.807, 2.05) is 42.5 Å². The van der Waals surface area contributed by atoms with E-state index in [-0.39, 0.29) is 10.8 Å². The van der Waals surface area contributed by atoms with Gasteiger partial charge in [-0.1, -0.05) is 35.6 Å². The van der Waals surface area contributed by atoms with Crippen LogP contribution >= 0.6 is 11.3 Å². The predicted octanol–water partition coefficient (Wildman–Crippen LogP) is 1.95. The van der Waals surface area contributed by atoms with Crippen LogP contribution < -0.4 is 15.3 Å². The van der Waals surface area contributed by atoms with Crippen LogP contribution in [-0.4, -0.2) is 16.3 Å². The molecular weight excluding hydrogens is 346 g/mol. The highest BCUT2D eigenvalue weighted by Gasteiger charge is 2.15. The molecule has 0 saturated carbocycles. The monoisotopic (exact) mass is 359 g/mol. The number of thiazole rings is 1. The molecule has 0 fully saturated rings. The first-order valence-electron chi connectivity index (χ1n) is 7.94. The number of nitrogens with zero attached hydrogens (tertiary/aromatic N) is 2. The SMILES string of the molecule is N#Cc1cccc(CC(c2sc(=O)[nH]c2O)=c2cccc3c2=CC=N3)c1. The molecule has 126 valence electrons. The van der Waals surface area contributed by atoms with Gasteiger partial charge in [0.1, 0.15) is 0 Å². The maximum Gasteiger partial charge on any atom is 0.307 e. The molecule has 0 atom stereocenters. The fraction of sp³-hybridized carbons (Fsp3) is 0.0500. The molecule has 2 heterocycles. The lowest BCUT2D eigenvalue weighted by Crippen LogP contribution is -2.27. The fourth-order valence-electron chi connectivity index (χ4n) is 3.07. The van der Waals surface area contributed by atoms with Crippen LogP contribution in [0.25, 0.3) is 11.6 Å². The first kappa shape index (κ1) is 16.1. The topological polar surface area (TPSA) is 89.2 Å². The smallest absolute Gasteiger partial charge is 0.307 e. The summed E-state index contributed by atoms with van der Waals surface area (Å²) in [5.41, 5.74) is 3.17. The normalized spacial score (nSPS) is 13.0. The van der Waals surface area contributed by atoms with Crippen LogP contribution in [0.3, 0.4) is 0 Å². The molecule has 0 spiro atoms. The average Bonchev–Trinajstić information content (AvgIpc) is 3.25. The molecule has 1 aromatic heterocycles. The third-order valence-electron chi connectivity index (χ3n) is 4.20. The number of benzene rings is 2. The van der Waals surface area contributed by atoms with Crippen LogP contribution in [0.15, 0.2) is 52.3 Å². The molecule has 2 aromatic carbocycles. The first-order chi connectivity index (χ1) is 12.7. The van der Waals surface area contributed by atoms with Crippen molar-refractivity contribution in [2.75, 3.05) is 0 Å². The largest absolute Gasteiger partial charge is 0.493 e. The molecule has 0 aliphatic carbocycles. The molecule has 5 nitrogen and oxygen atoms in total. The van der Waals surface area contributed by atoms with Crippen molar-refractivity contribution in [3.05, 3.63) is 78.6 Å². The molecule has 0 saturated heterocycles. The van der Waals surface area contributed by atoms with Gasteiger partial charge in [0.15, 0.2) is 0 Å². The molecular formula is C20H13N3O2S. The second-order valence-corrected chi connectivity index (χ2v) is 6.83. The van der Waals surface area contributed by atoms with E-state index < -0.39 is 0 Å². The van der Waals surface area contributed by atoms with E-state index in [1.165, 1.54) is 0 Å². The van der Waals surface area contributed by atoms with Crippen LogP contribution in [0, 0.1) is 11.3 Å². The van der Waals surface area contributed by atoms with Crippen molar-refractivity contribution in [1.82, 2.24) is 4.98 Å².